The Morgan fingerprint density at radius 3 is 2.30 bits per heavy atom. The fraction of sp³-hybridized carbons (Fsp3) is 0.0714. The van der Waals surface area contributed by atoms with Gasteiger partial charge >= 0.3 is 0 Å². The summed E-state index contributed by atoms with van der Waals surface area (Å²) in [7, 11) is 2.23. The lowest BCUT2D eigenvalue weighted by atomic mass is 10.2. The zero-order chi connectivity index (χ0) is 16.7. The predicted octanol–water partition coefficient (Wildman–Crippen LogP) is 5.97. The number of benzene rings is 2. The van der Waals surface area contributed by atoms with Crippen molar-refractivity contribution in [1.29, 1.82) is 0 Å². The Hall–Kier alpha value is -0.400. The first-order valence-corrected chi connectivity index (χ1v) is 12.7. The van der Waals surface area contributed by atoms with Crippen molar-refractivity contribution in [3.8, 4) is 17.2 Å². The number of aldehydes is 1. The average Bonchev–Trinajstić information content (AvgIpc) is 2.55. The van der Waals surface area contributed by atoms with Crippen molar-refractivity contribution < 1.29 is 22.3 Å². The summed E-state index contributed by atoms with van der Waals surface area (Å²) in [5, 5.41) is 0. The van der Waals surface area contributed by atoms with Crippen molar-refractivity contribution in [2.24, 2.45) is 0 Å². The molecule has 122 valence electrons. The van der Waals surface area contributed by atoms with Gasteiger partial charge in [-0.25, -0.2) is 4.39 Å². The van der Waals surface area contributed by atoms with Crippen LogP contribution in [0.5, 0.6) is 17.2 Å². The molecule has 4 nitrogen and oxygen atoms in total. The third kappa shape index (κ3) is 5.57. The largest absolute Gasteiger partial charge is 0.488 e. The molecule has 0 heterocycles. The van der Waals surface area contributed by atoms with E-state index in [4.69, 9.17) is 13.1 Å². The molecule has 0 amide bonds. The van der Waals surface area contributed by atoms with Crippen molar-refractivity contribution in [1.82, 2.24) is 0 Å². The molecule has 0 aliphatic heterocycles. The van der Waals surface area contributed by atoms with Crippen LogP contribution in [0.25, 0.3) is 0 Å². The first kappa shape index (κ1) is 18.9. The number of rotatable bonds is 8. The van der Waals surface area contributed by atoms with Crippen molar-refractivity contribution in [2.75, 3.05) is 0 Å². The SMILES string of the molecule is O=Cc1c(OCc2ccc(F)cc2)cc(OSI)cc1OSI. The van der Waals surface area contributed by atoms with Gasteiger partial charge in [-0.3, -0.25) is 4.79 Å². The van der Waals surface area contributed by atoms with E-state index in [1.54, 1.807) is 24.3 Å². The number of halogens is 3. The predicted molar refractivity (Wildman–Crippen MR) is 107 cm³/mol. The molecule has 0 radical (unpaired) electrons. The van der Waals surface area contributed by atoms with Gasteiger partial charge in [0.25, 0.3) is 0 Å². The Morgan fingerprint density at radius 2 is 1.70 bits per heavy atom. The van der Waals surface area contributed by atoms with Crippen LogP contribution < -0.4 is 13.1 Å². The van der Waals surface area contributed by atoms with E-state index in [0.717, 1.165) is 24.0 Å². The molecule has 0 bridgehead atoms. The molecule has 0 unspecified atom stereocenters. The van der Waals surface area contributed by atoms with Gasteiger partial charge in [0, 0.05) is 54.5 Å². The normalized spacial score (nSPS) is 10.2. The van der Waals surface area contributed by atoms with Gasteiger partial charge in [0.1, 0.15) is 47.9 Å². The molecule has 0 saturated carbocycles. The third-order valence-corrected chi connectivity index (χ3v) is 4.33. The zero-order valence-electron chi connectivity index (χ0n) is 11.3. The highest BCUT2D eigenvalue weighted by Crippen LogP contribution is 2.37. The van der Waals surface area contributed by atoms with Crippen molar-refractivity contribution in [3.63, 3.8) is 0 Å². The Morgan fingerprint density at radius 1 is 1.04 bits per heavy atom. The maximum Gasteiger partial charge on any atom is 0.157 e. The molecule has 0 aliphatic rings. The van der Waals surface area contributed by atoms with Crippen LogP contribution in [0.4, 0.5) is 4.39 Å². The highest BCUT2D eigenvalue weighted by Gasteiger charge is 2.15. The van der Waals surface area contributed by atoms with E-state index in [0.29, 0.717) is 29.1 Å². The molecule has 0 saturated heterocycles. The lowest BCUT2D eigenvalue weighted by molar-refractivity contribution is 0.111. The summed E-state index contributed by atoms with van der Waals surface area (Å²) < 4.78 is 29.3. The van der Waals surface area contributed by atoms with Crippen molar-refractivity contribution in [3.05, 3.63) is 53.3 Å². The average molecular weight is 578 g/mol. The maximum absolute atomic E-state index is 12.9. The summed E-state index contributed by atoms with van der Waals surface area (Å²) in [6, 6.07) is 9.18. The van der Waals surface area contributed by atoms with E-state index in [1.807, 2.05) is 42.4 Å². The minimum absolute atomic E-state index is 0.193. The minimum Gasteiger partial charge on any atom is -0.488 e. The molecule has 0 aromatic heterocycles. The molecule has 2 aromatic rings. The molecule has 2 rings (SSSR count). The van der Waals surface area contributed by atoms with Gasteiger partial charge < -0.3 is 13.1 Å². The highest BCUT2D eigenvalue weighted by molar-refractivity contribution is 14.2. The fourth-order valence-corrected chi connectivity index (χ4v) is 3.32. The van der Waals surface area contributed by atoms with Gasteiger partial charge in [-0.15, -0.1) is 0 Å². The maximum atomic E-state index is 12.9. The summed E-state index contributed by atoms with van der Waals surface area (Å²) >= 11 is 3.95. The molecular weight excluding hydrogens is 569 g/mol. The number of ether oxygens (including phenoxy) is 1. The molecule has 0 aliphatic carbocycles. The van der Waals surface area contributed by atoms with E-state index < -0.39 is 0 Å². The van der Waals surface area contributed by atoms with Crippen LogP contribution in [-0.2, 0) is 6.61 Å². The second kappa shape index (κ2) is 9.79. The van der Waals surface area contributed by atoms with Crippen LogP contribution in [0.15, 0.2) is 36.4 Å². The second-order valence-corrected chi connectivity index (χ2v) is 6.90. The molecule has 0 N–H and O–H groups in total. The van der Waals surface area contributed by atoms with E-state index in [2.05, 4.69) is 0 Å². The lowest BCUT2D eigenvalue weighted by Gasteiger charge is -2.13. The monoisotopic (exact) mass is 578 g/mol. The lowest BCUT2D eigenvalue weighted by Crippen LogP contribution is -2.00. The van der Waals surface area contributed by atoms with E-state index >= 15 is 0 Å². The Balaban J connectivity index is 2.26. The Kier molecular flexibility index (Phi) is 8.06. The first-order chi connectivity index (χ1) is 11.2. The Bertz CT molecular complexity index is 671. The molecule has 0 atom stereocenters. The van der Waals surface area contributed by atoms with Crippen molar-refractivity contribution in [2.45, 2.75) is 6.61 Å². The summed E-state index contributed by atoms with van der Waals surface area (Å²) in [5.41, 5.74) is 1.07. The number of hydrogen-bond acceptors (Lipinski definition) is 6. The van der Waals surface area contributed by atoms with Gasteiger partial charge in [-0.05, 0) is 17.7 Å². The summed E-state index contributed by atoms with van der Waals surface area (Å²) in [4.78, 5) is 11.4. The summed E-state index contributed by atoms with van der Waals surface area (Å²) in [5.74, 6) is 0.889. The molecule has 0 spiro atoms. The first-order valence-electron chi connectivity index (χ1n) is 6.09. The van der Waals surface area contributed by atoms with Crippen LogP contribution in [0, 0.1) is 5.82 Å². The van der Waals surface area contributed by atoms with Crippen molar-refractivity contribution >= 4 is 67.1 Å². The van der Waals surface area contributed by atoms with Crippen LogP contribution in [0.2, 0.25) is 0 Å². The van der Waals surface area contributed by atoms with Gasteiger partial charge in [-0.2, -0.15) is 0 Å². The van der Waals surface area contributed by atoms with Gasteiger partial charge in [0.2, 0.25) is 0 Å². The molecule has 2 aromatic carbocycles. The molecule has 0 fully saturated rings. The van der Waals surface area contributed by atoms with E-state index in [1.165, 1.54) is 12.1 Å². The molecule has 23 heavy (non-hydrogen) atoms. The zero-order valence-corrected chi connectivity index (χ0v) is 17.3. The molecule has 9 heteroatoms. The number of hydrogen-bond donors (Lipinski definition) is 0. The third-order valence-electron chi connectivity index (χ3n) is 2.75. The van der Waals surface area contributed by atoms with E-state index in [-0.39, 0.29) is 12.4 Å². The van der Waals surface area contributed by atoms with Crippen LogP contribution in [0.3, 0.4) is 0 Å². The Labute approximate surface area is 165 Å². The quantitative estimate of drug-likeness (QED) is 0.219. The second-order valence-electron chi connectivity index (χ2n) is 4.16. The van der Waals surface area contributed by atoms with Gasteiger partial charge in [0.15, 0.2) is 12.0 Å². The summed E-state index contributed by atoms with van der Waals surface area (Å²) in [6.45, 7) is 0.193. The number of carbonyl (C=O) groups is 1. The molecular formula is C14H9FI2O4S2. The van der Waals surface area contributed by atoms with Gasteiger partial charge in [-0.1, -0.05) is 12.1 Å². The number of carbonyl (C=O) groups excluding carboxylic acids is 1. The highest BCUT2D eigenvalue weighted by atomic mass is 127. The van der Waals surface area contributed by atoms with Crippen LogP contribution in [-0.4, -0.2) is 6.29 Å². The standard InChI is InChI=1S/C14H9FI2O4S2/c15-10-3-1-9(2-4-10)8-19-13-5-11(20-22-16)6-14(21-23-17)12(13)7-18/h1-7H,8H2. The van der Waals surface area contributed by atoms with Crippen LogP contribution >= 0.6 is 60.8 Å². The topological polar surface area (TPSA) is 44.8 Å². The fourth-order valence-electron chi connectivity index (χ4n) is 1.74. The smallest absolute Gasteiger partial charge is 0.157 e. The van der Waals surface area contributed by atoms with Crippen LogP contribution in [0.1, 0.15) is 15.9 Å². The minimum atomic E-state index is -0.313. The van der Waals surface area contributed by atoms with Gasteiger partial charge in [0.05, 0.1) is 0 Å². The van der Waals surface area contributed by atoms with E-state index in [9.17, 15) is 9.18 Å². The summed E-state index contributed by atoms with van der Waals surface area (Å²) in [6.07, 6.45) is 0.670.